The second kappa shape index (κ2) is 10.3. The molecular formula is C19H34N6O. The van der Waals surface area contributed by atoms with Crippen molar-refractivity contribution < 1.29 is 4.79 Å². The van der Waals surface area contributed by atoms with Crippen LogP contribution in [0, 0.1) is 5.92 Å². The number of carbonyl (C=O) groups excluding carboxylic acids is 1. The zero-order valence-corrected chi connectivity index (χ0v) is 16.7. The number of anilines is 1. The van der Waals surface area contributed by atoms with Crippen LogP contribution in [0.1, 0.15) is 34.1 Å². The third-order valence-corrected chi connectivity index (χ3v) is 5.00. The third kappa shape index (κ3) is 5.83. The van der Waals surface area contributed by atoms with Crippen LogP contribution in [0.2, 0.25) is 0 Å². The highest BCUT2D eigenvalue weighted by Gasteiger charge is 2.23. The molecule has 2 rings (SSSR count). The van der Waals surface area contributed by atoms with Crippen LogP contribution in [-0.4, -0.2) is 77.7 Å². The molecule has 0 radical (unpaired) electrons. The number of hydrogen-bond acceptors (Lipinski definition) is 5. The maximum atomic E-state index is 12.6. The van der Waals surface area contributed by atoms with E-state index in [-0.39, 0.29) is 6.03 Å². The summed E-state index contributed by atoms with van der Waals surface area (Å²) in [7, 11) is 0. The standard InChI is InChI=1S/C19H34N6O/c1-5-23(6-2)17(13-16(3)4)14-22-19(26)25-11-9-24(10-12-25)18-15-20-7-8-21-18/h7-8,15-17H,5-6,9-14H2,1-4H3,(H,22,26)/t17-/m1/s1. The molecule has 1 atom stereocenters. The van der Waals surface area contributed by atoms with Crippen LogP contribution in [0.15, 0.2) is 18.6 Å². The molecule has 0 spiro atoms. The fourth-order valence-electron chi connectivity index (χ4n) is 3.56. The number of amides is 2. The van der Waals surface area contributed by atoms with E-state index in [2.05, 4.69) is 52.8 Å². The monoisotopic (exact) mass is 362 g/mol. The van der Waals surface area contributed by atoms with Gasteiger partial charge in [0.05, 0.1) is 6.20 Å². The highest BCUT2D eigenvalue weighted by molar-refractivity contribution is 5.74. The Morgan fingerprint density at radius 2 is 1.88 bits per heavy atom. The number of rotatable bonds is 8. The zero-order chi connectivity index (χ0) is 18.9. The molecule has 0 bridgehead atoms. The normalized spacial score (nSPS) is 16.2. The van der Waals surface area contributed by atoms with Gasteiger partial charge in [-0.3, -0.25) is 9.88 Å². The van der Waals surface area contributed by atoms with Crippen LogP contribution in [0.3, 0.4) is 0 Å². The molecular weight excluding hydrogens is 328 g/mol. The van der Waals surface area contributed by atoms with Crippen LogP contribution in [0.4, 0.5) is 10.6 Å². The first-order valence-corrected chi connectivity index (χ1v) is 9.82. The first kappa shape index (κ1) is 20.4. The summed E-state index contributed by atoms with van der Waals surface area (Å²) in [4.78, 5) is 27.6. The SMILES string of the molecule is CCN(CC)[C@@H](CNC(=O)N1CCN(c2cnccn2)CC1)CC(C)C. The van der Waals surface area contributed by atoms with Gasteiger partial charge < -0.3 is 15.1 Å². The fourth-order valence-corrected chi connectivity index (χ4v) is 3.56. The van der Waals surface area contributed by atoms with Gasteiger partial charge in [0.25, 0.3) is 0 Å². The molecule has 1 aliphatic rings. The van der Waals surface area contributed by atoms with Crippen molar-refractivity contribution in [3.05, 3.63) is 18.6 Å². The number of hydrogen-bond donors (Lipinski definition) is 1. The van der Waals surface area contributed by atoms with Crippen LogP contribution < -0.4 is 10.2 Å². The first-order chi connectivity index (χ1) is 12.5. The van der Waals surface area contributed by atoms with E-state index in [4.69, 9.17) is 0 Å². The van der Waals surface area contributed by atoms with Crippen molar-refractivity contribution in [3.63, 3.8) is 0 Å². The Bertz CT molecular complexity index is 526. The van der Waals surface area contributed by atoms with Gasteiger partial charge in [0.1, 0.15) is 5.82 Å². The molecule has 0 unspecified atom stereocenters. The molecule has 1 aliphatic heterocycles. The molecule has 1 N–H and O–H groups in total. The topological polar surface area (TPSA) is 64.6 Å². The molecule has 7 heteroatoms. The Morgan fingerprint density at radius 1 is 1.19 bits per heavy atom. The van der Waals surface area contributed by atoms with Gasteiger partial charge in [0, 0.05) is 51.2 Å². The van der Waals surface area contributed by atoms with Crippen LogP contribution in [0.5, 0.6) is 0 Å². The molecule has 7 nitrogen and oxygen atoms in total. The lowest BCUT2D eigenvalue weighted by molar-refractivity contribution is 0.169. The van der Waals surface area contributed by atoms with Crippen LogP contribution >= 0.6 is 0 Å². The highest BCUT2D eigenvalue weighted by atomic mass is 16.2. The van der Waals surface area contributed by atoms with Gasteiger partial charge in [0.15, 0.2) is 0 Å². The second-order valence-corrected chi connectivity index (χ2v) is 7.23. The molecule has 1 fully saturated rings. The Morgan fingerprint density at radius 3 is 2.42 bits per heavy atom. The van der Waals surface area contributed by atoms with Crippen LogP contribution in [-0.2, 0) is 0 Å². The van der Waals surface area contributed by atoms with E-state index >= 15 is 0 Å². The second-order valence-electron chi connectivity index (χ2n) is 7.23. The summed E-state index contributed by atoms with van der Waals surface area (Å²) in [6.07, 6.45) is 6.26. The Kier molecular flexibility index (Phi) is 8.09. The van der Waals surface area contributed by atoms with Gasteiger partial charge in [-0.05, 0) is 25.4 Å². The van der Waals surface area contributed by atoms with Crippen molar-refractivity contribution in [1.82, 2.24) is 25.1 Å². The lowest BCUT2D eigenvalue weighted by Crippen LogP contribution is -2.54. The molecule has 2 amide bonds. The zero-order valence-electron chi connectivity index (χ0n) is 16.7. The number of carbonyl (C=O) groups is 1. The Labute approximate surface area is 157 Å². The Hall–Kier alpha value is -1.89. The molecule has 26 heavy (non-hydrogen) atoms. The molecule has 1 aromatic rings. The summed E-state index contributed by atoms with van der Waals surface area (Å²) in [5, 5.41) is 3.16. The van der Waals surface area contributed by atoms with Crippen molar-refractivity contribution in [2.75, 3.05) is 50.7 Å². The largest absolute Gasteiger partial charge is 0.352 e. The summed E-state index contributed by atoms with van der Waals surface area (Å²) in [5.74, 6) is 1.50. The van der Waals surface area contributed by atoms with Crippen molar-refractivity contribution >= 4 is 11.8 Å². The van der Waals surface area contributed by atoms with E-state index in [1.165, 1.54) is 0 Å². The summed E-state index contributed by atoms with van der Waals surface area (Å²) in [6, 6.07) is 0.444. The minimum Gasteiger partial charge on any atom is -0.352 e. The predicted molar refractivity (Wildman–Crippen MR) is 105 cm³/mol. The number of nitrogens with one attached hydrogen (secondary N) is 1. The van der Waals surface area contributed by atoms with Crippen molar-refractivity contribution in [2.24, 2.45) is 5.92 Å². The average Bonchev–Trinajstić information content (AvgIpc) is 2.67. The van der Waals surface area contributed by atoms with E-state index in [1.807, 2.05) is 4.90 Å². The van der Waals surface area contributed by atoms with Crippen molar-refractivity contribution in [1.29, 1.82) is 0 Å². The number of aromatic nitrogens is 2. The molecule has 0 saturated carbocycles. The van der Waals surface area contributed by atoms with Gasteiger partial charge in [-0.1, -0.05) is 27.7 Å². The minimum atomic E-state index is 0.0460. The average molecular weight is 363 g/mol. The van der Waals surface area contributed by atoms with E-state index in [1.54, 1.807) is 18.6 Å². The molecule has 2 heterocycles. The Balaban J connectivity index is 1.82. The summed E-state index contributed by atoms with van der Waals surface area (Å²) in [5.41, 5.74) is 0. The lowest BCUT2D eigenvalue weighted by Gasteiger charge is -2.36. The minimum absolute atomic E-state index is 0.0460. The number of likely N-dealkylation sites (N-methyl/N-ethyl adjacent to an activating group) is 1. The van der Waals surface area contributed by atoms with Crippen molar-refractivity contribution in [3.8, 4) is 0 Å². The van der Waals surface area contributed by atoms with E-state index < -0.39 is 0 Å². The van der Waals surface area contributed by atoms with Gasteiger partial charge in [-0.15, -0.1) is 0 Å². The number of piperazine rings is 1. The summed E-state index contributed by atoms with van der Waals surface area (Å²) >= 11 is 0. The molecule has 146 valence electrons. The third-order valence-electron chi connectivity index (χ3n) is 5.00. The molecule has 1 aromatic heterocycles. The maximum Gasteiger partial charge on any atom is 0.317 e. The first-order valence-electron chi connectivity index (χ1n) is 9.82. The smallest absolute Gasteiger partial charge is 0.317 e. The number of urea groups is 1. The number of nitrogens with zero attached hydrogens (tertiary/aromatic N) is 5. The van der Waals surface area contributed by atoms with Gasteiger partial charge in [0.2, 0.25) is 0 Å². The summed E-state index contributed by atoms with van der Waals surface area (Å²) < 4.78 is 0. The van der Waals surface area contributed by atoms with E-state index in [0.29, 0.717) is 31.6 Å². The lowest BCUT2D eigenvalue weighted by atomic mass is 10.0. The molecule has 0 aromatic carbocycles. The highest BCUT2D eigenvalue weighted by Crippen LogP contribution is 2.13. The fraction of sp³-hybridized carbons (Fsp3) is 0.737. The van der Waals surface area contributed by atoms with Crippen LogP contribution in [0.25, 0.3) is 0 Å². The molecule has 1 saturated heterocycles. The molecule has 0 aliphatic carbocycles. The predicted octanol–water partition coefficient (Wildman–Crippen LogP) is 2.06. The van der Waals surface area contributed by atoms with E-state index in [0.717, 1.165) is 38.4 Å². The van der Waals surface area contributed by atoms with Gasteiger partial charge in [-0.2, -0.15) is 0 Å². The van der Waals surface area contributed by atoms with Gasteiger partial charge >= 0.3 is 6.03 Å². The van der Waals surface area contributed by atoms with Gasteiger partial charge in [-0.25, -0.2) is 9.78 Å². The van der Waals surface area contributed by atoms with Crippen molar-refractivity contribution in [2.45, 2.75) is 40.2 Å². The van der Waals surface area contributed by atoms with E-state index in [9.17, 15) is 4.79 Å². The summed E-state index contributed by atoms with van der Waals surface area (Å²) in [6.45, 7) is 14.6. The quantitative estimate of drug-likeness (QED) is 0.767. The maximum absolute atomic E-state index is 12.6.